The van der Waals surface area contributed by atoms with Crippen molar-refractivity contribution in [1.29, 1.82) is 0 Å². The zero-order chi connectivity index (χ0) is 23.4. The number of methoxy groups -OCH3 is 1. The Balaban J connectivity index is 0. The minimum Gasteiger partial charge on any atom is -0.478 e. The van der Waals surface area contributed by atoms with Crippen molar-refractivity contribution in [3.63, 3.8) is 0 Å². The minimum absolute atomic E-state index is 0.330. The Labute approximate surface area is 179 Å². The largest absolute Gasteiger partial charge is 0.478 e. The van der Waals surface area contributed by atoms with Crippen LogP contribution in [0, 0.1) is 0 Å². The topological polar surface area (TPSA) is 89.9 Å². The van der Waals surface area contributed by atoms with E-state index in [1.165, 1.54) is 13.2 Å². The van der Waals surface area contributed by atoms with E-state index in [0.29, 0.717) is 17.8 Å². The van der Waals surface area contributed by atoms with E-state index in [1.807, 2.05) is 43.3 Å². The summed E-state index contributed by atoms with van der Waals surface area (Å²) in [5.74, 6) is -1.56. The van der Waals surface area contributed by atoms with Gasteiger partial charge in [0.1, 0.15) is 0 Å². The molecule has 30 heavy (non-hydrogen) atoms. The van der Waals surface area contributed by atoms with Crippen molar-refractivity contribution < 1.29 is 29.0 Å². The SMILES string of the molecule is C=C(C)C(=O)OC.C=CC(=O)OCCCC.CC(=CC=Cc1ccccc1)C(=O)O. The van der Waals surface area contributed by atoms with Crippen LogP contribution >= 0.6 is 0 Å². The van der Waals surface area contributed by atoms with Crippen molar-refractivity contribution in [1.82, 2.24) is 0 Å². The molecular weight excluding hydrogens is 384 g/mol. The second-order valence-corrected chi connectivity index (χ2v) is 5.92. The van der Waals surface area contributed by atoms with Crippen molar-refractivity contribution in [2.75, 3.05) is 13.7 Å². The Kier molecular flexibility index (Phi) is 18.2. The third-order valence-corrected chi connectivity index (χ3v) is 3.21. The fraction of sp³-hybridized carbons (Fsp3) is 0.292. The molecule has 0 aliphatic heterocycles. The fourth-order valence-corrected chi connectivity index (χ4v) is 1.49. The molecule has 0 aliphatic carbocycles. The summed E-state index contributed by atoms with van der Waals surface area (Å²) >= 11 is 0. The highest BCUT2D eigenvalue weighted by Gasteiger charge is 1.96. The number of allylic oxidation sites excluding steroid dienone is 2. The van der Waals surface area contributed by atoms with E-state index in [9.17, 15) is 14.4 Å². The van der Waals surface area contributed by atoms with Crippen LogP contribution in [0.5, 0.6) is 0 Å². The van der Waals surface area contributed by atoms with E-state index >= 15 is 0 Å². The van der Waals surface area contributed by atoms with E-state index in [-0.39, 0.29) is 11.9 Å². The number of esters is 2. The van der Waals surface area contributed by atoms with Gasteiger partial charge >= 0.3 is 17.9 Å². The summed E-state index contributed by atoms with van der Waals surface area (Å²) < 4.78 is 8.95. The maximum Gasteiger partial charge on any atom is 0.332 e. The van der Waals surface area contributed by atoms with Crippen molar-refractivity contribution in [2.24, 2.45) is 0 Å². The summed E-state index contributed by atoms with van der Waals surface area (Å²) in [6, 6.07) is 9.73. The summed E-state index contributed by atoms with van der Waals surface area (Å²) in [5, 5.41) is 8.58. The molecule has 0 radical (unpaired) electrons. The number of carboxylic acid groups (broad SMARTS) is 1. The second-order valence-electron chi connectivity index (χ2n) is 5.92. The molecule has 0 saturated heterocycles. The van der Waals surface area contributed by atoms with Gasteiger partial charge in [0.15, 0.2) is 0 Å². The Bertz CT molecular complexity index is 729. The van der Waals surface area contributed by atoms with E-state index in [4.69, 9.17) is 5.11 Å². The zero-order valence-corrected chi connectivity index (χ0v) is 18.2. The molecule has 0 unspecified atom stereocenters. The number of rotatable bonds is 8. The second kappa shape index (κ2) is 18.9. The molecule has 0 aromatic heterocycles. The number of aliphatic carboxylic acids is 1. The van der Waals surface area contributed by atoms with Gasteiger partial charge in [-0.2, -0.15) is 0 Å². The molecule has 0 amide bonds. The van der Waals surface area contributed by atoms with Crippen molar-refractivity contribution in [3.05, 3.63) is 78.4 Å². The summed E-state index contributed by atoms with van der Waals surface area (Å²) in [4.78, 5) is 31.0. The van der Waals surface area contributed by atoms with Crippen molar-refractivity contribution in [3.8, 4) is 0 Å². The first kappa shape index (κ1) is 28.8. The van der Waals surface area contributed by atoms with E-state index in [0.717, 1.165) is 18.4 Å². The number of ether oxygens (including phenoxy) is 2. The van der Waals surface area contributed by atoms with Crippen LogP contribution in [-0.2, 0) is 23.9 Å². The van der Waals surface area contributed by atoms with E-state index in [1.54, 1.807) is 26.0 Å². The Morgan fingerprint density at radius 2 is 1.73 bits per heavy atom. The first-order valence-electron chi connectivity index (χ1n) is 9.35. The van der Waals surface area contributed by atoms with Gasteiger partial charge < -0.3 is 14.6 Å². The lowest BCUT2D eigenvalue weighted by Crippen LogP contribution is -2.00. The van der Waals surface area contributed by atoms with E-state index < -0.39 is 5.97 Å². The van der Waals surface area contributed by atoms with Gasteiger partial charge in [-0.25, -0.2) is 14.4 Å². The predicted octanol–water partition coefficient (Wildman–Crippen LogP) is 4.98. The first-order valence-corrected chi connectivity index (χ1v) is 9.35. The highest BCUT2D eigenvalue weighted by molar-refractivity contribution is 5.87. The van der Waals surface area contributed by atoms with Gasteiger partial charge in [0.2, 0.25) is 0 Å². The average Bonchev–Trinajstić information content (AvgIpc) is 2.74. The number of carbonyl (C=O) groups is 3. The van der Waals surface area contributed by atoms with Crippen molar-refractivity contribution in [2.45, 2.75) is 33.6 Å². The van der Waals surface area contributed by atoms with Crippen LogP contribution in [0.4, 0.5) is 0 Å². The molecule has 164 valence electrons. The van der Waals surface area contributed by atoms with Crippen LogP contribution in [0.15, 0.2) is 72.9 Å². The van der Waals surface area contributed by atoms with Gasteiger partial charge in [0.25, 0.3) is 0 Å². The van der Waals surface area contributed by atoms with Gasteiger partial charge in [-0.05, 0) is 25.8 Å². The molecule has 0 fully saturated rings. The number of hydrogen-bond donors (Lipinski definition) is 1. The van der Waals surface area contributed by atoms with Gasteiger partial charge in [-0.15, -0.1) is 0 Å². The molecule has 6 nitrogen and oxygen atoms in total. The Morgan fingerprint density at radius 3 is 2.13 bits per heavy atom. The standard InChI is InChI=1S/C12H12O2.C7H12O2.C5H8O2/c1-10(12(13)14)6-5-9-11-7-3-2-4-8-11;1-3-5-6-9-7(8)4-2;1-4(2)5(6)7-3/h2-9H,1H3,(H,13,14);4H,2-3,5-6H2,1H3;1H2,2-3H3. The highest BCUT2D eigenvalue weighted by atomic mass is 16.5. The summed E-state index contributed by atoms with van der Waals surface area (Å²) in [6.45, 7) is 12.3. The first-order chi connectivity index (χ1) is 14.2. The molecule has 1 aromatic carbocycles. The highest BCUT2D eigenvalue weighted by Crippen LogP contribution is 2.02. The summed E-state index contributed by atoms with van der Waals surface area (Å²) in [5.41, 5.74) is 1.82. The van der Waals surface area contributed by atoms with Crippen molar-refractivity contribution >= 4 is 24.0 Å². The quantitative estimate of drug-likeness (QED) is 0.278. The van der Waals surface area contributed by atoms with Crippen LogP contribution < -0.4 is 0 Å². The lowest BCUT2D eigenvalue weighted by Gasteiger charge is -1.97. The lowest BCUT2D eigenvalue weighted by atomic mass is 10.2. The average molecular weight is 417 g/mol. The zero-order valence-electron chi connectivity index (χ0n) is 18.2. The number of unbranched alkanes of at least 4 members (excludes halogenated alkanes) is 1. The molecule has 1 aromatic rings. The molecule has 0 saturated carbocycles. The number of carbonyl (C=O) groups excluding carboxylic acids is 2. The molecular formula is C24H32O6. The Hall–Kier alpha value is -3.41. The van der Waals surface area contributed by atoms with Crippen LogP contribution in [0.2, 0.25) is 0 Å². The maximum atomic E-state index is 10.4. The van der Waals surface area contributed by atoms with Crippen LogP contribution in [-0.4, -0.2) is 36.7 Å². The number of hydrogen-bond acceptors (Lipinski definition) is 5. The fourth-order valence-electron chi connectivity index (χ4n) is 1.49. The molecule has 0 bridgehead atoms. The predicted molar refractivity (Wildman–Crippen MR) is 120 cm³/mol. The monoisotopic (exact) mass is 416 g/mol. The Morgan fingerprint density at radius 1 is 1.13 bits per heavy atom. The minimum atomic E-state index is -0.886. The number of carboxylic acids is 1. The normalized spacial score (nSPS) is 9.93. The lowest BCUT2D eigenvalue weighted by molar-refractivity contribution is -0.138. The number of benzene rings is 1. The smallest absolute Gasteiger partial charge is 0.332 e. The van der Waals surface area contributed by atoms with Crippen LogP contribution in [0.25, 0.3) is 6.08 Å². The third-order valence-electron chi connectivity index (χ3n) is 3.21. The molecule has 1 N–H and O–H groups in total. The third kappa shape index (κ3) is 18.0. The molecule has 6 heteroatoms. The molecule has 1 rings (SSSR count). The van der Waals surface area contributed by atoms with Crippen LogP contribution in [0.3, 0.4) is 0 Å². The van der Waals surface area contributed by atoms with Gasteiger partial charge in [-0.1, -0.05) is 75.1 Å². The molecule has 0 spiro atoms. The summed E-state index contributed by atoms with van der Waals surface area (Å²) in [7, 11) is 1.33. The van der Waals surface area contributed by atoms with Crippen LogP contribution in [0.1, 0.15) is 39.2 Å². The molecule has 0 aliphatic rings. The summed E-state index contributed by atoms with van der Waals surface area (Å²) in [6.07, 6.45) is 8.33. The van der Waals surface area contributed by atoms with E-state index in [2.05, 4.69) is 22.6 Å². The maximum absolute atomic E-state index is 10.4. The van der Waals surface area contributed by atoms with Gasteiger partial charge in [0, 0.05) is 17.2 Å². The molecule has 0 heterocycles. The molecule has 0 atom stereocenters. The van der Waals surface area contributed by atoms with Gasteiger partial charge in [-0.3, -0.25) is 0 Å². The van der Waals surface area contributed by atoms with Gasteiger partial charge in [0.05, 0.1) is 13.7 Å².